The molecule has 2 aliphatic heterocycles. The summed E-state index contributed by atoms with van der Waals surface area (Å²) in [4.78, 5) is 12.9. The summed E-state index contributed by atoms with van der Waals surface area (Å²) in [5, 5.41) is 0. The molecule has 1 aliphatic carbocycles. The molecule has 7 rings (SSSR count). The van der Waals surface area contributed by atoms with Crippen LogP contribution in [0.3, 0.4) is 0 Å². The molecule has 1 spiro atoms. The van der Waals surface area contributed by atoms with Crippen molar-refractivity contribution >= 4 is 17.0 Å². The van der Waals surface area contributed by atoms with Gasteiger partial charge in [-0.05, 0) is 24.0 Å². The first kappa shape index (κ1) is 21.9. The number of nitrogens with two attached hydrogens (primary N) is 1. The van der Waals surface area contributed by atoms with E-state index in [9.17, 15) is 0 Å². The lowest BCUT2D eigenvalue weighted by Crippen LogP contribution is -2.53. The van der Waals surface area contributed by atoms with Crippen molar-refractivity contribution in [1.29, 1.82) is 0 Å². The Kier molecular flexibility index (Phi) is 5.07. The van der Waals surface area contributed by atoms with Gasteiger partial charge in [0.25, 0.3) is 0 Å². The van der Waals surface area contributed by atoms with Crippen molar-refractivity contribution in [2.45, 2.75) is 55.7 Å². The number of benzene rings is 2. The molecular formula is C27H27N5O4. The predicted molar refractivity (Wildman–Crippen MR) is 131 cm³/mol. The Labute approximate surface area is 208 Å². The highest BCUT2D eigenvalue weighted by Gasteiger charge is 2.79. The van der Waals surface area contributed by atoms with Crippen LogP contribution in [-0.4, -0.2) is 49.5 Å². The zero-order chi connectivity index (χ0) is 24.2. The van der Waals surface area contributed by atoms with E-state index < -0.39 is 17.4 Å². The second-order valence-corrected chi connectivity index (χ2v) is 9.75. The molecule has 2 saturated heterocycles. The molecular weight excluding hydrogens is 458 g/mol. The van der Waals surface area contributed by atoms with E-state index in [1.54, 1.807) is 6.33 Å². The Morgan fingerprint density at radius 2 is 1.64 bits per heavy atom. The maximum Gasteiger partial charge on any atom is 0.167 e. The first-order chi connectivity index (χ1) is 17.7. The summed E-state index contributed by atoms with van der Waals surface area (Å²) in [6.45, 7) is 1.30. The van der Waals surface area contributed by atoms with Gasteiger partial charge in [-0.25, -0.2) is 15.0 Å². The average Bonchev–Trinajstić information content (AvgIpc) is 3.34. The Bertz CT molecular complexity index is 1380. The van der Waals surface area contributed by atoms with Crippen LogP contribution in [-0.2, 0) is 32.2 Å². The minimum atomic E-state index is -0.749. The number of imidazole rings is 1. The average molecular weight is 486 g/mol. The van der Waals surface area contributed by atoms with Gasteiger partial charge in [0, 0.05) is 0 Å². The molecule has 1 saturated carbocycles. The van der Waals surface area contributed by atoms with Crippen LogP contribution < -0.4 is 5.73 Å². The van der Waals surface area contributed by atoms with Gasteiger partial charge in [-0.2, -0.15) is 0 Å². The van der Waals surface area contributed by atoms with Gasteiger partial charge < -0.3 is 24.7 Å². The van der Waals surface area contributed by atoms with Crippen LogP contribution >= 0.6 is 0 Å². The maximum atomic E-state index is 6.90. The first-order valence-electron chi connectivity index (χ1n) is 12.2. The van der Waals surface area contributed by atoms with Crippen LogP contribution in [0.15, 0.2) is 73.3 Å². The molecule has 2 aromatic heterocycles. The van der Waals surface area contributed by atoms with Crippen molar-refractivity contribution in [1.82, 2.24) is 19.5 Å². The predicted octanol–water partition coefficient (Wildman–Crippen LogP) is 3.41. The second kappa shape index (κ2) is 8.35. The normalized spacial score (nSPS) is 27.7. The third-order valence-corrected chi connectivity index (χ3v) is 7.57. The maximum absolute atomic E-state index is 6.90. The molecule has 2 bridgehead atoms. The largest absolute Gasteiger partial charge is 0.382 e. The minimum Gasteiger partial charge on any atom is -0.382 e. The van der Waals surface area contributed by atoms with Gasteiger partial charge >= 0.3 is 0 Å². The van der Waals surface area contributed by atoms with Gasteiger partial charge in [0.05, 0.1) is 26.1 Å². The molecule has 2 aromatic carbocycles. The summed E-state index contributed by atoms with van der Waals surface area (Å²) in [6.07, 6.45) is 3.82. The number of nitrogens with zero attached hydrogens (tertiary/aromatic N) is 4. The summed E-state index contributed by atoms with van der Waals surface area (Å²) in [6, 6.07) is 20.3. The fourth-order valence-electron chi connectivity index (χ4n) is 5.67. The number of anilines is 1. The number of fused-ring (bicyclic) bond motifs is 4. The van der Waals surface area contributed by atoms with Crippen molar-refractivity contribution in [2.24, 2.45) is 0 Å². The van der Waals surface area contributed by atoms with Crippen LogP contribution in [0.1, 0.15) is 30.2 Å². The Morgan fingerprint density at radius 3 is 2.36 bits per heavy atom. The van der Waals surface area contributed by atoms with Crippen molar-refractivity contribution in [3.63, 3.8) is 0 Å². The van der Waals surface area contributed by atoms with E-state index in [1.807, 2.05) is 41.0 Å². The highest BCUT2D eigenvalue weighted by molar-refractivity contribution is 5.81. The van der Waals surface area contributed by atoms with Crippen LogP contribution in [0.5, 0.6) is 0 Å². The van der Waals surface area contributed by atoms with Crippen LogP contribution in [0.25, 0.3) is 11.2 Å². The molecule has 2 N–H and O–H groups in total. The lowest BCUT2D eigenvalue weighted by Gasteiger charge is -2.38. The smallest absolute Gasteiger partial charge is 0.167 e. The van der Waals surface area contributed by atoms with E-state index >= 15 is 0 Å². The summed E-state index contributed by atoms with van der Waals surface area (Å²) >= 11 is 0. The van der Waals surface area contributed by atoms with Crippen molar-refractivity contribution in [2.75, 3.05) is 12.3 Å². The molecule has 4 aromatic rings. The fourth-order valence-corrected chi connectivity index (χ4v) is 5.67. The van der Waals surface area contributed by atoms with Crippen LogP contribution in [0, 0.1) is 0 Å². The third kappa shape index (κ3) is 3.35. The molecule has 4 heterocycles. The molecule has 36 heavy (non-hydrogen) atoms. The monoisotopic (exact) mass is 485 g/mol. The molecule has 3 aliphatic rings. The standard InChI is InChI=1S/C27H27N5O4/c28-23-20-24(30-16-29-23)32(17-31-20)25-21-22(34-14-19-9-5-2-6-10-19)27(36-25,26(35-21)11-12-26)15-33-13-18-7-3-1-4-8-18/h1-10,16-17,21-22,25H,11-15H2,(H2,28,29,30)/t21-,22?,25+,27+/m0/s1. The zero-order valence-corrected chi connectivity index (χ0v) is 19.7. The highest BCUT2D eigenvalue weighted by Crippen LogP contribution is 2.65. The molecule has 4 atom stereocenters. The van der Waals surface area contributed by atoms with Gasteiger partial charge in [0.2, 0.25) is 0 Å². The van der Waals surface area contributed by atoms with Gasteiger partial charge in [0.1, 0.15) is 29.7 Å². The van der Waals surface area contributed by atoms with E-state index in [0.717, 1.165) is 24.0 Å². The van der Waals surface area contributed by atoms with Gasteiger partial charge in [-0.1, -0.05) is 60.7 Å². The van der Waals surface area contributed by atoms with E-state index in [-0.39, 0.29) is 12.2 Å². The molecule has 184 valence electrons. The lowest BCUT2D eigenvalue weighted by atomic mass is 9.91. The third-order valence-electron chi connectivity index (χ3n) is 7.57. The van der Waals surface area contributed by atoms with Crippen LogP contribution in [0.4, 0.5) is 5.82 Å². The highest BCUT2D eigenvalue weighted by atomic mass is 16.7. The summed E-state index contributed by atoms with van der Waals surface area (Å²) in [7, 11) is 0. The van der Waals surface area contributed by atoms with Gasteiger partial charge in [-0.3, -0.25) is 4.57 Å². The van der Waals surface area contributed by atoms with Crippen molar-refractivity contribution in [3.8, 4) is 0 Å². The van der Waals surface area contributed by atoms with Gasteiger partial charge in [-0.15, -0.1) is 0 Å². The number of aromatic nitrogens is 4. The minimum absolute atomic E-state index is 0.322. The number of hydrogen-bond donors (Lipinski definition) is 1. The number of rotatable bonds is 8. The summed E-state index contributed by atoms with van der Waals surface area (Å²) in [5.74, 6) is 0.333. The number of hydrogen-bond acceptors (Lipinski definition) is 8. The molecule has 0 amide bonds. The topological polar surface area (TPSA) is 107 Å². The van der Waals surface area contributed by atoms with E-state index in [1.165, 1.54) is 6.33 Å². The Morgan fingerprint density at radius 1 is 0.917 bits per heavy atom. The molecule has 9 nitrogen and oxygen atoms in total. The molecule has 9 heteroatoms. The number of ether oxygens (including phenoxy) is 4. The van der Waals surface area contributed by atoms with Gasteiger partial charge in [0.15, 0.2) is 23.3 Å². The molecule has 1 unspecified atom stereocenters. The Hall–Kier alpha value is -3.37. The summed E-state index contributed by atoms with van der Waals surface area (Å²) in [5.41, 5.74) is 8.24. The van der Waals surface area contributed by atoms with E-state index in [4.69, 9.17) is 24.7 Å². The van der Waals surface area contributed by atoms with E-state index in [0.29, 0.717) is 36.8 Å². The van der Waals surface area contributed by atoms with E-state index in [2.05, 4.69) is 39.2 Å². The lowest BCUT2D eigenvalue weighted by molar-refractivity contribution is -0.241. The molecule has 0 radical (unpaired) electrons. The number of nitrogen functional groups attached to an aromatic ring is 1. The van der Waals surface area contributed by atoms with Crippen LogP contribution in [0.2, 0.25) is 0 Å². The zero-order valence-electron chi connectivity index (χ0n) is 19.7. The quantitative estimate of drug-likeness (QED) is 0.405. The summed E-state index contributed by atoms with van der Waals surface area (Å²) < 4.78 is 28.4. The second-order valence-electron chi connectivity index (χ2n) is 9.75. The molecule has 3 fully saturated rings. The van der Waals surface area contributed by atoms with Crippen molar-refractivity contribution in [3.05, 3.63) is 84.4 Å². The fraction of sp³-hybridized carbons (Fsp3) is 0.370. The van der Waals surface area contributed by atoms with Crippen molar-refractivity contribution < 1.29 is 18.9 Å². The Balaban J connectivity index is 1.22. The first-order valence-corrected chi connectivity index (χ1v) is 12.2. The SMILES string of the molecule is Nc1ncnc2c1ncn2[C@@H]1O[C@]2(COCc3ccccc3)C(OCc3ccccc3)[C@@H]1OC21CC1.